The molecule has 38 heavy (non-hydrogen) atoms. The van der Waals surface area contributed by atoms with E-state index in [-0.39, 0.29) is 23.7 Å². The van der Waals surface area contributed by atoms with Gasteiger partial charge in [0.1, 0.15) is 17.2 Å². The molecule has 0 saturated carbocycles. The highest BCUT2D eigenvalue weighted by Crippen LogP contribution is 2.62. The molecule has 8 heteroatoms. The fourth-order valence-electron chi connectivity index (χ4n) is 6.09. The van der Waals surface area contributed by atoms with Crippen molar-refractivity contribution < 1.29 is 24.4 Å². The number of benzene rings is 3. The van der Waals surface area contributed by atoms with Gasteiger partial charge in [0.2, 0.25) is 5.88 Å². The number of nitrogens with zero attached hydrogens (tertiary/aromatic N) is 1. The minimum absolute atomic E-state index is 0.0214. The molecule has 1 aliphatic carbocycles. The van der Waals surface area contributed by atoms with Crippen molar-refractivity contribution in [1.29, 1.82) is 0 Å². The fraction of sp³-hybridized carbons (Fsp3) is 0.200. The third kappa shape index (κ3) is 3.03. The number of aromatic hydroxyl groups is 2. The summed E-state index contributed by atoms with van der Waals surface area (Å²) in [5, 5.41) is 28.0. The van der Waals surface area contributed by atoms with E-state index in [0.717, 1.165) is 56.2 Å². The number of aromatic amines is 1. The summed E-state index contributed by atoms with van der Waals surface area (Å²) >= 11 is 0. The lowest BCUT2D eigenvalue weighted by Crippen LogP contribution is -2.18. The quantitative estimate of drug-likeness (QED) is 0.241. The Kier molecular flexibility index (Phi) is 4.82. The SMILES string of the molecule is COc1ccc(Cn2c(O)c3c(c2O)C2c4cc(OC)ccc4NC2c2[nH]c4ccc(OC)cc4c2-3)cc1. The van der Waals surface area contributed by atoms with Crippen molar-refractivity contribution >= 4 is 16.6 Å². The van der Waals surface area contributed by atoms with Gasteiger partial charge in [-0.2, -0.15) is 0 Å². The number of aromatic nitrogens is 2. The Labute approximate surface area is 219 Å². The molecule has 4 N–H and O–H groups in total. The van der Waals surface area contributed by atoms with Crippen molar-refractivity contribution in [2.24, 2.45) is 0 Å². The fourth-order valence-corrected chi connectivity index (χ4v) is 6.09. The summed E-state index contributed by atoms with van der Waals surface area (Å²) in [4.78, 5) is 3.60. The molecule has 0 spiro atoms. The average molecular weight is 510 g/mol. The summed E-state index contributed by atoms with van der Waals surface area (Å²) in [6, 6.07) is 19.2. The van der Waals surface area contributed by atoms with Gasteiger partial charge in [0.15, 0.2) is 5.88 Å². The van der Waals surface area contributed by atoms with Crippen molar-refractivity contribution in [3.8, 4) is 40.1 Å². The predicted octanol–water partition coefficient (Wildman–Crippen LogP) is 5.73. The highest BCUT2D eigenvalue weighted by molar-refractivity contribution is 6.03. The number of methoxy groups -OCH3 is 3. The van der Waals surface area contributed by atoms with Crippen LogP contribution in [0.15, 0.2) is 60.7 Å². The smallest absolute Gasteiger partial charge is 0.202 e. The summed E-state index contributed by atoms with van der Waals surface area (Å²) in [7, 11) is 4.91. The van der Waals surface area contributed by atoms with Crippen LogP contribution in [0.5, 0.6) is 29.0 Å². The summed E-state index contributed by atoms with van der Waals surface area (Å²) in [5.41, 5.74) is 6.97. The molecule has 192 valence electrons. The minimum atomic E-state index is -0.236. The third-order valence-electron chi connectivity index (χ3n) is 7.89. The van der Waals surface area contributed by atoms with Crippen LogP contribution >= 0.6 is 0 Å². The summed E-state index contributed by atoms with van der Waals surface area (Å²) < 4.78 is 17.9. The number of ether oxygens (including phenoxy) is 3. The standard InChI is InChI=1S/C30H27N3O5/c1-36-16-6-4-15(5-7-16)14-33-29(34)25-23-19-12-17(37-2)8-10-21(19)31-27(23)28-24(26(25)30(33)35)20-13-18(38-3)9-11-22(20)32-28/h4-13,23,27,31-32,34-35H,14H2,1-3H3. The lowest BCUT2D eigenvalue weighted by atomic mass is 9.78. The molecule has 1 aliphatic heterocycles. The van der Waals surface area contributed by atoms with Crippen LogP contribution in [-0.2, 0) is 6.54 Å². The highest BCUT2D eigenvalue weighted by atomic mass is 16.5. The largest absolute Gasteiger partial charge is 0.497 e. The van der Waals surface area contributed by atoms with Crippen molar-refractivity contribution in [3.63, 3.8) is 0 Å². The Morgan fingerprint density at radius 1 is 0.789 bits per heavy atom. The van der Waals surface area contributed by atoms with Crippen LogP contribution in [-0.4, -0.2) is 41.1 Å². The first-order chi connectivity index (χ1) is 18.5. The molecule has 2 atom stereocenters. The molecule has 2 aliphatic rings. The monoisotopic (exact) mass is 509 g/mol. The van der Waals surface area contributed by atoms with E-state index in [1.54, 1.807) is 25.9 Å². The Balaban J connectivity index is 1.49. The van der Waals surface area contributed by atoms with E-state index in [4.69, 9.17) is 14.2 Å². The van der Waals surface area contributed by atoms with Crippen LogP contribution < -0.4 is 19.5 Å². The normalized spacial score (nSPS) is 16.8. The van der Waals surface area contributed by atoms with Gasteiger partial charge in [0.25, 0.3) is 0 Å². The zero-order valence-corrected chi connectivity index (χ0v) is 21.2. The number of anilines is 1. The Hall–Kier alpha value is -4.72. The molecule has 8 nitrogen and oxygen atoms in total. The van der Waals surface area contributed by atoms with Crippen LogP contribution in [0.4, 0.5) is 5.69 Å². The van der Waals surface area contributed by atoms with Gasteiger partial charge in [0, 0.05) is 39.3 Å². The molecular weight excluding hydrogens is 482 g/mol. The van der Waals surface area contributed by atoms with Crippen LogP contribution in [0, 0.1) is 0 Å². The summed E-state index contributed by atoms with van der Waals surface area (Å²) in [6.07, 6.45) is 0. The lowest BCUT2D eigenvalue weighted by molar-refractivity contribution is 0.374. The predicted molar refractivity (Wildman–Crippen MR) is 145 cm³/mol. The van der Waals surface area contributed by atoms with Crippen molar-refractivity contribution in [3.05, 3.63) is 83.0 Å². The first kappa shape index (κ1) is 22.5. The van der Waals surface area contributed by atoms with Crippen molar-refractivity contribution in [2.45, 2.75) is 18.5 Å². The second-order valence-corrected chi connectivity index (χ2v) is 9.75. The van der Waals surface area contributed by atoms with Gasteiger partial charge < -0.3 is 34.7 Å². The van der Waals surface area contributed by atoms with Crippen LogP contribution in [0.2, 0.25) is 0 Å². The van der Waals surface area contributed by atoms with E-state index in [1.807, 2.05) is 60.7 Å². The molecular formula is C30H27N3O5. The number of nitrogens with one attached hydrogen (secondary N) is 2. The zero-order chi connectivity index (χ0) is 26.1. The first-order valence-electron chi connectivity index (χ1n) is 12.4. The van der Waals surface area contributed by atoms with E-state index in [0.29, 0.717) is 17.7 Å². The molecule has 2 aromatic heterocycles. The van der Waals surface area contributed by atoms with Gasteiger partial charge in [-0.15, -0.1) is 0 Å². The van der Waals surface area contributed by atoms with Gasteiger partial charge >= 0.3 is 0 Å². The number of H-pyrrole nitrogens is 1. The molecule has 0 fully saturated rings. The number of hydrogen-bond donors (Lipinski definition) is 4. The number of fused-ring (bicyclic) bond motifs is 10. The third-order valence-corrected chi connectivity index (χ3v) is 7.89. The van der Waals surface area contributed by atoms with Gasteiger partial charge in [-0.3, -0.25) is 4.57 Å². The molecule has 0 bridgehead atoms. The van der Waals surface area contributed by atoms with Gasteiger partial charge in [-0.05, 0) is 59.7 Å². The van der Waals surface area contributed by atoms with Crippen molar-refractivity contribution in [1.82, 2.24) is 9.55 Å². The molecule has 7 rings (SSSR count). The average Bonchev–Trinajstić information content (AvgIpc) is 3.59. The highest BCUT2D eigenvalue weighted by Gasteiger charge is 2.47. The lowest BCUT2D eigenvalue weighted by Gasteiger charge is -2.27. The maximum atomic E-state index is 11.7. The van der Waals surface area contributed by atoms with Gasteiger partial charge in [0.05, 0.1) is 39.5 Å². The van der Waals surface area contributed by atoms with Crippen molar-refractivity contribution in [2.75, 3.05) is 26.6 Å². The Morgan fingerprint density at radius 2 is 1.47 bits per heavy atom. The molecule has 5 aromatic rings. The Bertz CT molecular complexity index is 1720. The van der Waals surface area contributed by atoms with E-state index < -0.39 is 0 Å². The van der Waals surface area contributed by atoms with E-state index in [1.165, 1.54) is 0 Å². The maximum absolute atomic E-state index is 11.7. The second kappa shape index (κ2) is 8.14. The topological polar surface area (TPSA) is 101 Å². The zero-order valence-electron chi connectivity index (χ0n) is 21.2. The van der Waals surface area contributed by atoms with Gasteiger partial charge in [-0.25, -0.2) is 0 Å². The molecule has 3 heterocycles. The van der Waals surface area contributed by atoms with E-state index >= 15 is 0 Å². The van der Waals surface area contributed by atoms with Gasteiger partial charge in [-0.1, -0.05) is 12.1 Å². The van der Waals surface area contributed by atoms with Crippen LogP contribution in [0.25, 0.3) is 22.0 Å². The Morgan fingerprint density at radius 3 is 2.21 bits per heavy atom. The maximum Gasteiger partial charge on any atom is 0.202 e. The molecule has 2 unspecified atom stereocenters. The summed E-state index contributed by atoms with van der Waals surface area (Å²) in [6.45, 7) is 0.297. The van der Waals surface area contributed by atoms with Crippen LogP contribution in [0.3, 0.4) is 0 Å². The first-order valence-corrected chi connectivity index (χ1v) is 12.4. The molecule has 3 aromatic carbocycles. The van der Waals surface area contributed by atoms with Crippen LogP contribution in [0.1, 0.15) is 34.3 Å². The number of hydrogen-bond acceptors (Lipinski definition) is 6. The number of rotatable bonds is 5. The van der Waals surface area contributed by atoms with E-state index in [9.17, 15) is 10.2 Å². The molecule has 0 amide bonds. The summed E-state index contributed by atoms with van der Waals surface area (Å²) in [5.74, 6) is 2.03. The minimum Gasteiger partial charge on any atom is -0.497 e. The molecule has 0 saturated heterocycles. The molecule has 0 radical (unpaired) electrons. The van der Waals surface area contributed by atoms with E-state index in [2.05, 4.69) is 10.3 Å². The second-order valence-electron chi connectivity index (χ2n) is 9.75.